The zero-order valence-electron chi connectivity index (χ0n) is 16.7. The molecule has 1 amide bonds. The molecule has 3 aromatic rings. The van der Waals surface area contributed by atoms with Gasteiger partial charge in [-0.15, -0.1) is 0 Å². The largest absolute Gasteiger partial charge is 0.322 e. The Bertz CT molecular complexity index is 1050. The van der Waals surface area contributed by atoms with Gasteiger partial charge in [0.25, 0.3) is 11.6 Å². The Morgan fingerprint density at radius 1 is 1.10 bits per heavy atom. The van der Waals surface area contributed by atoms with Crippen LogP contribution in [-0.4, -0.2) is 28.8 Å². The number of hydrogen-bond donors (Lipinski definition) is 2. The third-order valence-corrected chi connectivity index (χ3v) is 5.42. The molecule has 30 heavy (non-hydrogen) atoms. The number of rotatable bonds is 6. The molecule has 6 nitrogen and oxygen atoms in total. The number of carbonyl (C=O) groups excluding carboxylic acids is 1. The number of fused-ring (bicyclic) bond motifs is 1. The summed E-state index contributed by atoms with van der Waals surface area (Å²) in [5.41, 5.74) is 5.44. The van der Waals surface area contributed by atoms with Gasteiger partial charge in [-0.3, -0.25) is 9.69 Å². The Morgan fingerprint density at radius 2 is 1.93 bits per heavy atom. The first-order valence-electron chi connectivity index (χ1n) is 10.0. The van der Waals surface area contributed by atoms with Crippen LogP contribution < -0.4 is 11.2 Å². The van der Waals surface area contributed by atoms with Gasteiger partial charge >= 0.3 is 0 Å². The molecule has 0 saturated carbocycles. The van der Waals surface area contributed by atoms with Crippen molar-refractivity contribution in [2.24, 2.45) is 5.84 Å². The number of hydrazine groups is 1. The Morgan fingerprint density at radius 3 is 2.67 bits per heavy atom. The van der Waals surface area contributed by atoms with Gasteiger partial charge in [-0.25, -0.2) is 0 Å². The van der Waals surface area contributed by atoms with E-state index in [9.17, 15) is 9.70 Å². The quantitative estimate of drug-likeness (QED) is 0.376. The van der Waals surface area contributed by atoms with E-state index in [-0.39, 0.29) is 5.91 Å². The lowest BCUT2D eigenvalue weighted by atomic mass is 9.98. The van der Waals surface area contributed by atoms with Crippen molar-refractivity contribution >= 4 is 17.3 Å². The Hall–Kier alpha value is -3.51. The highest BCUT2D eigenvalue weighted by Crippen LogP contribution is 2.23. The van der Waals surface area contributed by atoms with E-state index in [0.29, 0.717) is 16.1 Å². The molecule has 1 aliphatic heterocycles. The maximum atomic E-state index is 12.2. The van der Waals surface area contributed by atoms with Gasteiger partial charge in [0.05, 0.1) is 4.91 Å². The topological polar surface area (TPSA) is 78.4 Å². The van der Waals surface area contributed by atoms with Crippen LogP contribution >= 0.6 is 0 Å². The molecular formula is C24H24N4O2+. The van der Waals surface area contributed by atoms with Crippen molar-refractivity contribution in [2.45, 2.75) is 19.4 Å². The number of hydrogen-bond acceptors (Lipinski definition) is 3. The van der Waals surface area contributed by atoms with Crippen LogP contribution in [0.25, 0.3) is 0 Å². The third kappa shape index (κ3) is 4.72. The first kappa shape index (κ1) is 19.8. The van der Waals surface area contributed by atoms with E-state index < -0.39 is 0 Å². The molecule has 4 rings (SSSR count). The summed E-state index contributed by atoms with van der Waals surface area (Å²) in [5, 5.41) is 2.90. The molecule has 0 aliphatic carbocycles. The van der Waals surface area contributed by atoms with Crippen LogP contribution in [-0.2, 0) is 19.4 Å². The zero-order chi connectivity index (χ0) is 20.9. The lowest BCUT2D eigenvalue weighted by Gasteiger charge is -2.28. The van der Waals surface area contributed by atoms with Crippen LogP contribution in [0.2, 0.25) is 0 Å². The molecule has 3 N–H and O–H groups in total. The van der Waals surface area contributed by atoms with Crippen molar-refractivity contribution in [1.82, 2.24) is 4.90 Å². The molecule has 0 fully saturated rings. The Balaban J connectivity index is 1.32. The van der Waals surface area contributed by atoms with Crippen LogP contribution in [0.5, 0.6) is 0 Å². The average molecular weight is 400 g/mol. The van der Waals surface area contributed by atoms with Crippen molar-refractivity contribution in [2.75, 3.05) is 18.4 Å². The van der Waals surface area contributed by atoms with Crippen LogP contribution in [0.3, 0.4) is 0 Å². The zero-order valence-corrected chi connectivity index (χ0v) is 16.7. The van der Waals surface area contributed by atoms with Gasteiger partial charge < -0.3 is 5.32 Å². The van der Waals surface area contributed by atoms with Gasteiger partial charge in [-0.2, -0.15) is 5.84 Å². The standard InChI is InChI=1S/C24H23N4O2/c25-28(30)23-11-8-19-13-15-27(17-21(19)16-23)14-12-18-6-9-22(10-7-18)26-24(29)20-4-2-1-3-5-20/h1-4,6-11,16H,12-15,17H2,(H2-,25,26,29,30)/p+1. The third-order valence-electron chi connectivity index (χ3n) is 5.42. The predicted octanol–water partition coefficient (Wildman–Crippen LogP) is 3.62. The second-order valence-electron chi connectivity index (χ2n) is 7.48. The fourth-order valence-electron chi connectivity index (χ4n) is 3.70. The fourth-order valence-corrected chi connectivity index (χ4v) is 3.70. The van der Waals surface area contributed by atoms with Gasteiger partial charge in [-0.1, -0.05) is 36.4 Å². The van der Waals surface area contributed by atoms with E-state index in [0.717, 1.165) is 38.2 Å². The summed E-state index contributed by atoms with van der Waals surface area (Å²) in [6, 6.07) is 23.7. The number of anilines is 1. The Kier molecular flexibility index (Phi) is 5.86. The number of carbonyl (C=O) groups is 1. The summed E-state index contributed by atoms with van der Waals surface area (Å²) >= 11 is 0. The highest BCUT2D eigenvalue weighted by Gasteiger charge is 2.19. The SMILES string of the molecule is N[N+](=O)c1ccc2c(c1)CN(CCc1ccc(NC(=O)c3[c]cccc3)cc1)CC2. The van der Waals surface area contributed by atoms with Gasteiger partial charge in [0.1, 0.15) is 0 Å². The number of nitrogens with zero attached hydrogens (tertiary/aromatic N) is 2. The smallest absolute Gasteiger partial charge is 0.291 e. The predicted molar refractivity (Wildman–Crippen MR) is 116 cm³/mol. The summed E-state index contributed by atoms with van der Waals surface area (Å²) in [7, 11) is 0. The highest BCUT2D eigenvalue weighted by molar-refractivity contribution is 6.04. The summed E-state index contributed by atoms with van der Waals surface area (Å²) in [5.74, 6) is 5.16. The lowest BCUT2D eigenvalue weighted by molar-refractivity contribution is -0.474. The summed E-state index contributed by atoms with van der Waals surface area (Å²) in [4.78, 5) is 26.4. The number of nitrogens with two attached hydrogens (primary N) is 1. The Labute approximate surface area is 175 Å². The average Bonchev–Trinajstić information content (AvgIpc) is 2.78. The lowest BCUT2D eigenvalue weighted by Crippen LogP contribution is -2.32. The van der Waals surface area contributed by atoms with Crippen LogP contribution in [0.1, 0.15) is 27.0 Å². The number of benzene rings is 3. The minimum atomic E-state index is -0.163. The van der Waals surface area contributed by atoms with E-state index in [1.54, 1.807) is 18.2 Å². The molecule has 6 heteroatoms. The van der Waals surface area contributed by atoms with E-state index in [1.807, 2.05) is 48.5 Å². The maximum Gasteiger partial charge on any atom is 0.291 e. The normalized spacial score (nSPS) is 13.5. The van der Waals surface area contributed by atoms with Crippen molar-refractivity contribution in [3.8, 4) is 0 Å². The molecule has 151 valence electrons. The number of nitroso groups, excluding NO2 is 1. The van der Waals surface area contributed by atoms with Gasteiger partial charge in [0.15, 0.2) is 4.87 Å². The van der Waals surface area contributed by atoms with Crippen molar-refractivity contribution in [3.05, 3.63) is 100.0 Å². The first-order chi connectivity index (χ1) is 14.6. The van der Waals surface area contributed by atoms with Gasteiger partial charge in [-0.05, 0) is 53.8 Å². The minimum Gasteiger partial charge on any atom is -0.322 e. The molecular weight excluding hydrogens is 376 g/mol. The number of nitrogens with one attached hydrogen (secondary N) is 1. The summed E-state index contributed by atoms with van der Waals surface area (Å²) < 4.78 is 0. The molecule has 0 saturated heterocycles. The molecule has 1 aliphatic rings. The molecule has 3 aromatic carbocycles. The van der Waals surface area contributed by atoms with E-state index in [1.165, 1.54) is 16.7 Å². The molecule has 1 heterocycles. The van der Waals surface area contributed by atoms with E-state index in [4.69, 9.17) is 5.84 Å². The maximum absolute atomic E-state index is 12.2. The molecule has 0 bridgehead atoms. The molecule has 0 unspecified atom stereocenters. The van der Waals surface area contributed by atoms with Crippen molar-refractivity contribution in [1.29, 1.82) is 0 Å². The number of amides is 1. The van der Waals surface area contributed by atoms with Gasteiger partial charge in [0, 0.05) is 43.0 Å². The molecule has 0 spiro atoms. The van der Waals surface area contributed by atoms with E-state index >= 15 is 0 Å². The summed E-state index contributed by atoms with van der Waals surface area (Å²) in [6.07, 6.45) is 1.89. The summed E-state index contributed by atoms with van der Waals surface area (Å²) in [6.45, 7) is 2.74. The monoisotopic (exact) mass is 400 g/mol. The van der Waals surface area contributed by atoms with E-state index in [2.05, 4.69) is 16.3 Å². The minimum absolute atomic E-state index is 0.163. The van der Waals surface area contributed by atoms with Crippen molar-refractivity contribution in [3.63, 3.8) is 0 Å². The molecule has 1 radical (unpaired) electrons. The van der Waals surface area contributed by atoms with Crippen LogP contribution in [0.15, 0.2) is 66.7 Å². The highest BCUT2D eigenvalue weighted by atomic mass is 16.3. The molecule has 0 atom stereocenters. The fraction of sp³-hybridized carbons (Fsp3) is 0.208. The van der Waals surface area contributed by atoms with Gasteiger partial charge in [0.2, 0.25) is 0 Å². The van der Waals surface area contributed by atoms with Crippen molar-refractivity contribution < 1.29 is 9.66 Å². The van der Waals surface area contributed by atoms with Crippen LogP contribution in [0, 0.1) is 11.0 Å². The molecule has 0 aromatic heterocycles. The second kappa shape index (κ2) is 8.88. The second-order valence-corrected chi connectivity index (χ2v) is 7.48. The van der Waals surface area contributed by atoms with Crippen LogP contribution in [0.4, 0.5) is 11.4 Å². The first-order valence-corrected chi connectivity index (χ1v) is 10.0.